The summed E-state index contributed by atoms with van der Waals surface area (Å²) >= 11 is 2.73. The number of aromatic nitrogens is 2. The molecule has 108 valence electrons. The van der Waals surface area contributed by atoms with E-state index < -0.39 is 0 Å². The van der Waals surface area contributed by atoms with E-state index in [0.717, 1.165) is 16.0 Å². The van der Waals surface area contributed by atoms with E-state index in [1.54, 1.807) is 24.3 Å². The van der Waals surface area contributed by atoms with E-state index in [2.05, 4.69) is 20.8 Å². The number of rotatable bonds is 6. The van der Waals surface area contributed by atoms with Crippen LogP contribution in [0, 0.1) is 11.3 Å². The Morgan fingerprint density at radius 1 is 1.43 bits per heavy atom. The fourth-order valence-electron chi connectivity index (χ4n) is 1.49. The van der Waals surface area contributed by atoms with Gasteiger partial charge < -0.3 is 10.6 Å². The molecule has 0 spiro atoms. The lowest BCUT2D eigenvalue weighted by atomic mass is 10.2. The Morgan fingerprint density at radius 3 is 3.00 bits per heavy atom. The Morgan fingerprint density at radius 2 is 2.24 bits per heavy atom. The molecule has 1 aromatic heterocycles. The molecule has 1 aromatic carbocycles. The topological polar surface area (TPSA) is 90.7 Å². The molecule has 0 aliphatic rings. The van der Waals surface area contributed by atoms with E-state index in [1.165, 1.54) is 23.1 Å². The molecule has 0 bridgehead atoms. The van der Waals surface area contributed by atoms with Gasteiger partial charge >= 0.3 is 0 Å². The largest absolute Gasteiger partial charge is 0.360 e. The summed E-state index contributed by atoms with van der Waals surface area (Å²) < 4.78 is 0.731. The zero-order chi connectivity index (χ0) is 15.1. The highest BCUT2D eigenvalue weighted by atomic mass is 32.2. The fourth-order valence-corrected chi connectivity index (χ4v) is 3.11. The van der Waals surface area contributed by atoms with Gasteiger partial charge in [0, 0.05) is 6.54 Å². The summed E-state index contributed by atoms with van der Waals surface area (Å²) in [6, 6.07) is 8.94. The third kappa shape index (κ3) is 4.44. The Hall–Kier alpha value is -2.11. The molecular weight excluding hydrogens is 306 g/mol. The van der Waals surface area contributed by atoms with Crippen LogP contribution < -0.4 is 10.6 Å². The van der Waals surface area contributed by atoms with Gasteiger partial charge in [-0.1, -0.05) is 35.2 Å². The normalized spacial score (nSPS) is 9.90. The summed E-state index contributed by atoms with van der Waals surface area (Å²) in [5.41, 5.74) is 0.970. The average molecular weight is 319 g/mol. The van der Waals surface area contributed by atoms with Crippen molar-refractivity contribution in [2.24, 2.45) is 0 Å². The van der Waals surface area contributed by atoms with Gasteiger partial charge in [0.25, 0.3) is 0 Å². The second-order valence-corrected chi connectivity index (χ2v) is 6.10. The third-order valence-electron chi connectivity index (χ3n) is 2.38. The number of nitrogens with one attached hydrogen (secondary N) is 2. The van der Waals surface area contributed by atoms with Crippen LogP contribution in [-0.4, -0.2) is 28.4 Å². The third-order valence-corrected chi connectivity index (χ3v) is 4.40. The van der Waals surface area contributed by atoms with Crippen molar-refractivity contribution in [3.8, 4) is 6.07 Å². The summed E-state index contributed by atoms with van der Waals surface area (Å²) in [5.74, 6) is 0.0449. The minimum absolute atomic E-state index is 0.178. The van der Waals surface area contributed by atoms with Gasteiger partial charge in [0.2, 0.25) is 11.0 Å². The lowest BCUT2D eigenvalue weighted by Gasteiger charge is -2.05. The molecule has 0 aliphatic heterocycles. The van der Waals surface area contributed by atoms with Crippen molar-refractivity contribution in [1.29, 1.82) is 5.26 Å². The maximum absolute atomic E-state index is 11.9. The van der Waals surface area contributed by atoms with Crippen LogP contribution in [0.15, 0.2) is 28.6 Å². The lowest BCUT2D eigenvalue weighted by Crippen LogP contribution is -2.14. The standard InChI is InChI=1S/C13H13N5OS2/c1-2-15-12-17-18-13(21-12)20-8-11(19)16-10-6-4-3-5-9(10)7-14/h3-6H,2,8H2,1H3,(H,15,17)(H,16,19). The molecule has 21 heavy (non-hydrogen) atoms. The van der Waals surface area contributed by atoms with Gasteiger partial charge in [0.1, 0.15) is 6.07 Å². The van der Waals surface area contributed by atoms with Gasteiger partial charge in [-0.15, -0.1) is 10.2 Å². The van der Waals surface area contributed by atoms with Crippen LogP contribution in [0.3, 0.4) is 0 Å². The van der Waals surface area contributed by atoms with Gasteiger partial charge in [-0.25, -0.2) is 0 Å². The van der Waals surface area contributed by atoms with Gasteiger partial charge in [0.05, 0.1) is 17.0 Å². The smallest absolute Gasteiger partial charge is 0.234 e. The number of nitrogens with zero attached hydrogens (tertiary/aromatic N) is 3. The van der Waals surface area contributed by atoms with Crippen molar-refractivity contribution in [1.82, 2.24) is 10.2 Å². The minimum atomic E-state index is -0.178. The highest BCUT2D eigenvalue weighted by Crippen LogP contribution is 2.25. The van der Waals surface area contributed by atoms with Crippen LogP contribution in [-0.2, 0) is 4.79 Å². The molecule has 0 radical (unpaired) electrons. The molecule has 0 unspecified atom stereocenters. The molecule has 0 saturated heterocycles. The summed E-state index contributed by atoms with van der Waals surface area (Å²) in [6.45, 7) is 2.76. The second-order valence-electron chi connectivity index (χ2n) is 3.90. The number of benzene rings is 1. The van der Waals surface area contributed by atoms with E-state index in [0.29, 0.717) is 11.3 Å². The Labute approximate surface area is 130 Å². The fraction of sp³-hybridized carbons (Fsp3) is 0.231. The summed E-state index contributed by atoms with van der Waals surface area (Å²) in [6.07, 6.45) is 0. The first-order valence-electron chi connectivity index (χ1n) is 6.22. The maximum atomic E-state index is 11.9. The highest BCUT2D eigenvalue weighted by Gasteiger charge is 2.09. The molecule has 1 heterocycles. The predicted octanol–water partition coefficient (Wildman–Crippen LogP) is 2.57. The monoisotopic (exact) mass is 319 g/mol. The molecule has 2 N–H and O–H groups in total. The quantitative estimate of drug-likeness (QED) is 0.795. The van der Waals surface area contributed by atoms with Crippen molar-refractivity contribution in [2.45, 2.75) is 11.3 Å². The molecule has 0 aliphatic carbocycles. The van der Waals surface area contributed by atoms with Crippen molar-refractivity contribution < 1.29 is 4.79 Å². The summed E-state index contributed by atoms with van der Waals surface area (Å²) in [7, 11) is 0. The van der Waals surface area contributed by atoms with Gasteiger partial charge in [0.15, 0.2) is 4.34 Å². The first kappa shape index (κ1) is 15.3. The second kappa shape index (κ2) is 7.61. The van der Waals surface area contributed by atoms with Crippen molar-refractivity contribution >= 4 is 39.8 Å². The minimum Gasteiger partial charge on any atom is -0.360 e. The Bertz CT molecular complexity index is 665. The number of amides is 1. The van der Waals surface area contributed by atoms with Crippen LogP contribution in [0.25, 0.3) is 0 Å². The van der Waals surface area contributed by atoms with Crippen LogP contribution >= 0.6 is 23.1 Å². The molecule has 2 rings (SSSR count). The molecule has 0 atom stereocenters. The van der Waals surface area contributed by atoms with Crippen LogP contribution in [0.5, 0.6) is 0 Å². The van der Waals surface area contributed by atoms with E-state index in [4.69, 9.17) is 5.26 Å². The summed E-state index contributed by atoms with van der Waals surface area (Å²) in [4.78, 5) is 11.9. The molecule has 0 fully saturated rings. The van der Waals surface area contributed by atoms with Crippen LogP contribution in [0.1, 0.15) is 12.5 Å². The SMILES string of the molecule is CCNc1nnc(SCC(=O)Nc2ccccc2C#N)s1. The van der Waals surface area contributed by atoms with Gasteiger partial charge in [-0.05, 0) is 19.1 Å². The van der Waals surface area contributed by atoms with E-state index in [1.807, 2.05) is 13.0 Å². The van der Waals surface area contributed by atoms with Crippen molar-refractivity contribution in [2.75, 3.05) is 22.9 Å². The lowest BCUT2D eigenvalue weighted by molar-refractivity contribution is -0.113. The number of hydrogen-bond donors (Lipinski definition) is 2. The van der Waals surface area contributed by atoms with Crippen LogP contribution in [0.4, 0.5) is 10.8 Å². The first-order chi connectivity index (χ1) is 10.2. The number of carbonyl (C=O) groups excluding carboxylic acids is 1. The summed E-state index contributed by atoms with van der Waals surface area (Å²) in [5, 5.41) is 23.4. The number of para-hydroxylation sites is 1. The molecule has 8 heteroatoms. The van der Waals surface area contributed by atoms with E-state index >= 15 is 0 Å². The molecule has 6 nitrogen and oxygen atoms in total. The molecule has 2 aromatic rings. The predicted molar refractivity (Wildman–Crippen MR) is 84.6 cm³/mol. The van der Waals surface area contributed by atoms with Gasteiger partial charge in [-0.2, -0.15) is 5.26 Å². The van der Waals surface area contributed by atoms with Gasteiger partial charge in [-0.3, -0.25) is 4.79 Å². The average Bonchev–Trinajstić information content (AvgIpc) is 2.94. The molecular formula is C13H13N5OS2. The highest BCUT2D eigenvalue weighted by molar-refractivity contribution is 8.01. The Balaban J connectivity index is 1.88. The number of thioether (sulfide) groups is 1. The first-order valence-corrected chi connectivity index (χ1v) is 8.02. The molecule has 1 amide bonds. The van der Waals surface area contributed by atoms with Crippen molar-refractivity contribution in [3.63, 3.8) is 0 Å². The van der Waals surface area contributed by atoms with E-state index in [9.17, 15) is 4.79 Å². The Kier molecular flexibility index (Phi) is 5.54. The maximum Gasteiger partial charge on any atom is 0.234 e. The van der Waals surface area contributed by atoms with Crippen molar-refractivity contribution in [3.05, 3.63) is 29.8 Å². The zero-order valence-electron chi connectivity index (χ0n) is 11.3. The van der Waals surface area contributed by atoms with Crippen LogP contribution in [0.2, 0.25) is 0 Å². The number of anilines is 2. The number of carbonyl (C=O) groups is 1. The zero-order valence-corrected chi connectivity index (χ0v) is 12.9. The number of hydrogen-bond acceptors (Lipinski definition) is 7. The van der Waals surface area contributed by atoms with E-state index in [-0.39, 0.29) is 11.7 Å². The molecule has 0 saturated carbocycles. The number of nitriles is 1.